The van der Waals surface area contributed by atoms with Crippen molar-refractivity contribution in [2.45, 2.75) is 94.3 Å². The average molecular weight is 656 g/mol. The van der Waals surface area contributed by atoms with Crippen molar-refractivity contribution < 1.29 is 4.42 Å². The Morgan fingerprint density at radius 1 is 0.460 bits per heavy atom. The molecule has 1 heterocycles. The van der Waals surface area contributed by atoms with Gasteiger partial charge in [-0.25, -0.2) is 0 Å². The van der Waals surface area contributed by atoms with Crippen LogP contribution in [0.5, 0.6) is 0 Å². The minimum atomic E-state index is 0.0686. The molecule has 0 spiro atoms. The van der Waals surface area contributed by atoms with Crippen LogP contribution < -0.4 is 4.90 Å². The number of fused-ring (bicyclic) bond motifs is 3. The van der Waals surface area contributed by atoms with E-state index in [1.165, 1.54) is 122 Å². The zero-order valence-electron chi connectivity index (χ0n) is 29.3. The van der Waals surface area contributed by atoms with Gasteiger partial charge in [-0.15, -0.1) is 0 Å². The number of rotatable bonds is 6. The Bertz CT molecular complexity index is 2080. The van der Waals surface area contributed by atoms with Crippen LogP contribution in [-0.4, -0.2) is 0 Å². The molecule has 1 aromatic heterocycles. The molecule has 4 bridgehead atoms. The summed E-state index contributed by atoms with van der Waals surface area (Å²) < 4.78 is 6.27. The third-order valence-electron chi connectivity index (χ3n) is 13.6. The van der Waals surface area contributed by atoms with Crippen LogP contribution in [0.2, 0.25) is 0 Å². The Hall–Kier alpha value is -4.30. The van der Waals surface area contributed by atoms with E-state index in [4.69, 9.17) is 4.42 Å². The van der Waals surface area contributed by atoms with Crippen molar-refractivity contribution in [3.05, 3.63) is 138 Å². The van der Waals surface area contributed by atoms with Crippen molar-refractivity contribution in [1.29, 1.82) is 0 Å². The van der Waals surface area contributed by atoms with Crippen LogP contribution in [0.25, 0.3) is 21.9 Å². The van der Waals surface area contributed by atoms with E-state index < -0.39 is 0 Å². The van der Waals surface area contributed by atoms with Crippen LogP contribution in [0.3, 0.4) is 0 Å². The first-order chi connectivity index (χ1) is 24.7. The largest absolute Gasteiger partial charge is 0.456 e. The molecule has 5 aliphatic carbocycles. The van der Waals surface area contributed by atoms with Crippen LogP contribution in [0, 0.1) is 17.8 Å². The zero-order chi connectivity index (χ0) is 33.1. The smallest absolute Gasteiger partial charge is 0.135 e. The van der Waals surface area contributed by atoms with Gasteiger partial charge in [0.15, 0.2) is 0 Å². The van der Waals surface area contributed by atoms with Crippen molar-refractivity contribution in [2.24, 2.45) is 17.8 Å². The highest BCUT2D eigenvalue weighted by Gasteiger charge is 2.51. The molecule has 0 unspecified atom stereocenters. The van der Waals surface area contributed by atoms with Crippen molar-refractivity contribution in [2.75, 3.05) is 4.90 Å². The van der Waals surface area contributed by atoms with Gasteiger partial charge < -0.3 is 9.32 Å². The van der Waals surface area contributed by atoms with Gasteiger partial charge in [-0.05, 0) is 140 Å². The molecular weight excluding hydrogens is 607 g/mol. The predicted octanol–water partition coefficient (Wildman–Crippen LogP) is 13.6. The summed E-state index contributed by atoms with van der Waals surface area (Å²) in [4.78, 5) is 2.47. The first kappa shape index (κ1) is 30.5. The maximum Gasteiger partial charge on any atom is 0.135 e. The Morgan fingerprint density at radius 3 is 1.64 bits per heavy atom. The Labute approximate surface area is 297 Å². The van der Waals surface area contributed by atoms with E-state index in [1.807, 2.05) is 0 Å². The van der Waals surface area contributed by atoms with Gasteiger partial charge in [0.2, 0.25) is 0 Å². The second-order valence-electron chi connectivity index (χ2n) is 16.6. The summed E-state index contributed by atoms with van der Waals surface area (Å²) in [6, 6.07) is 46.0. The minimum Gasteiger partial charge on any atom is -0.456 e. The van der Waals surface area contributed by atoms with Crippen LogP contribution in [0.4, 0.5) is 17.1 Å². The molecule has 0 atom stereocenters. The van der Waals surface area contributed by atoms with Gasteiger partial charge in [0.1, 0.15) is 11.2 Å². The van der Waals surface area contributed by atoms with Crippen molar-refractivity contribution in [1.82, 2.24) is 0 Å². The van der Waals surface area contributed by atoms with Gasteiger partial charge in [-0.1, -0.05) is 105 Å². The zero-order valence-corrected chi connectivity index (χ0v) is 29.3. The van der Waals surface area contributed by atoms with Crippen LogP contribution in [0.15, 0.2) is 126 Å². The van der Waals surface area contributed by atoms with Gasteiger partial charge in [0.05, 0.1) is 0 Å². The molecule has 2 heteroatoms. The fourth-order valence-electron chi connectivity index (χ4n) is 11.7. The second-order valence-corrected chi connectivity index (χ2v) is 16.6. The molecule has 50 heavy (non-hydrogen) atoms. The minimum absolute atomic E-state index is 0.0686. The highest BCUT2D eigenvalue weighted by Crippen LogP contribution is 2.61. The molecule has 2 nitrogen and oxygen atoms in total. The summed E-state index contributed by atoms with van der Waals surface area (Å²) in [6.07, 6.45) is 17.7. The lowest BCUT2D eigenvalue weighted by atomic mass is 9.48. The van der Waals surface area contributed by atoms with Crippen molar-refractivity contribution in [3.8, 4) is 0 Å². The van der Waals surface area contributed by atoms with E-state index in [2.05, 4.69) is 126 Å². The molecule has 0 saturated heterocycles. The van der Waals surface area contributed by atoms with E-state index >= 15 is 0 Å². The Balaban J connectivity index is 1.07. The lowest BCUT2D eigenvalue weighted by molar-refractivity contribution is -0.00518. The summed E-state index contributed by atoms with van der Waals surface area (Å²) in [5.41, 5.74) is 10.5. The van der Waals surface area contributed by atoms with Gasteiger partial charge in [-0.3, -0.25) is 0 Å². The maximum atomic E-state index is 6.27. The van der Waals surface area contributed by atoms with Crippen molar-refractivity contribution >= 4 is 39.0 Å². The molecule has 6 aromatic rings. The fraction of sp³-hybridized carbons (Fsp3) is 0.375. The second kappa shape index (κ2) is 12.2. The molecule has 5 aromatic carbocycles. The van der Waals surface area contributed by atoms with Crippen LogP contribution >= 0.6 is 0 Å². The van der Waals surface area contributed by atoms with Crippen LogP contribution in [0.1, 0.15) is 100 Å². The van der Waals surface area contributed by atoms with E-state index in [-0.39, 0.29) is 5.41 Å². The monoisotopic (exact) mass is 655 g/mol. The summed E-state index contributed by atoms with van der Waals surface area (Å²) in [5.74, 6) is 2.85. The molecule has 11 rings (SSSR count). The van der Waals surface area contributed by atoms with Crippen molar-refractivity contribution in [3.63, 3.8) is 0 Å². The quantitative estimate of drug-likeness (QED) is 0.178. The van der Waals surface area contributed by atoms with E-state index in [0.29, 0.717) is 5.41 Å². The topological polar surface area (TPSA) is 16.4 Å². The first-order valence-electron chi connectivity index (χ1n) is 19.6. The normalized spacial score (nSPS) is 25.8. The number of furan rings is 1. The Morgan fingerprint density at radius 2 is 0.980 bits per heavy atom. The molecule has 0 N–H and O–H groups in total. The predicted molar refractivity (Wildman–Crippen MR) is 208 cm³/mol. The molecule has 5 saturated carbocycles. The maximum absolute atomic E-state index is 6.27. The number of hydrogen-bond acceptors (Lipinski definition) is 2. The molecule has 0 amide bonds. The van der Waals surface area contributed by atoms with E-state index in [1.54, 1.807) is 5.56 Å². The molecular formula is C48H49NO. The first-order valence-corrected chi connectivity index (χ1v) is 19.6. The summed E-state index contributed by atoms with van der Waals surface area (Å²) in [5, 5.41) is 2.34. The average Bonchev–Trinajstić information content (AvgIpc) is 3.51. The molecule has 0 radical (unpaired) electrons. The highest BCUT2D eigenvalue weighted by atomic mass is 16.3. The van der Waals surface area contributed by atoms with Gasteiger partial charge in [-0.2, -0.15) is 0 Å². The standard InChI is InChI=1S/C48H49NO/c1-2-9-25-48(26-10-3-1,38-11-5-4-6-12-38)39-17-21-41(22-18-39)49(42-23-24-46-44(30-42)43-13-7-8-14-45(43)50-46)40-19-15-37(16-20-40)47-31-34-27-35(32-47)29-36(28-34)33-47/h4-8,11-24,30,34-36H,1-3,9-10,25-29,31-33H2. The van der Waals surface area contributed by atoms with Gasteiger partial charge in [0.25, 0.3) is 0 Å². The summed E-state index contributed by atoms with van der Waals surface area (Å²) in [7, 11) is 0. The molecule has 5 aliphatic rings. The SMILES string of the molecule is c1ccc(C2(c3ccc(N(c4ccc(C56CC7CC(CC(C7)C5)C6)cc4)c4ccc5oc6ccccc6c5c4)cc3)CCCCCCC2)cc1. The number of nitrogens with zero attached hydrogens (tertiary/aromatic N) is 1. The fourth-order valence-corrected chi connectivity index (χ4v) is 11.7. The number of para-hydroxylation sites is 1. The lowest BCUT2D eigenvalue weighted by Crippen LogP contribution is -2.48. The summed E-state index contributed by atoms with van der Waals surface area (Å²) in [6.45, 7) is 0. The van der Waals surface area contributed by atoms with E-state index in [0.717, 1.165) is 28.9 Å². The third kappa shape index (κ3) is 5.12. The highest BCUT2D eigenvalue weighted by molar-refractivity contribution is 6.06. The van der Waals surface area contributed by atoms with Crippen LogP contribution in [-0.2, 0) is 10.8 Å². The Kier molecular flexibility index (Phi) is 7.44. The van der Waals surface area contributed by atoms with Gasteiger partial charge >= 0.3 is 0 Å². The number of anilines is 3. The number of benzene rings is 5. The molecule has 5 fully saturated rings. The third-order valence-corrected chi connectivity index (χ3v) is 13.6. The lowest BCUT2D eigenvalue weighted by Gasteiger charge is -2.57. The number of hydrogen-bond donors (Lipinski definition) is 0. The van der Waals surface area contributed by atoms with E-state index in [9.17, 15) is 0 Å². The summed E-state index contributed by atoms with van der Waals surface area (Å²) >= 11 is 0. The van der Waals surface area contributed by atoms with Gasteiger partial charge in [0, 0.05) is 33.2 Å². The molecule has 0 aliphatic heterocycles. The molecule has 252 valence electrons.